The normalized spacial score (nSPS) is 12.0. The van der Waals surface area contributed by atoms with Gasteiger partial charge >= 0.3 is 5.97 Å². The molecule has 0 radical (unpaired) electrons. The van der Waals surface area contributed by atoms with E-state index < -0.39 is 5.97 Å². The molecular formula is C18H18O2. The van der Waals surface area contributed by atoms with E-state index in [0.29, 0.717) is 0 Å². The number of carboxylic acid groups (broad SMARTS) is 1. The van der Waals surface area contributed by atoms with E-state index in [0.717, 1.165) is 25.7 Å². The van der Waals surface area contributed by atoms with Gasteiger partial charge in [0.05, 0.1) is 0 Å². The molecule has 2 nitrogen and oxygen atoms in total. The van der Waals surface area contributed by atoms with Crippen molar-refractivity contribution in [2.45, 2.75) is 32.1 Å². The fourth-order valence-electron chi connectivity index (χ4n) is 3.07. The van der Waals surface area contributed by atoms with Gasteiger partial charge in [0.15, 0.2) is 0 Å². The lowest BCUT2D eigenvalue weighted by atomic mass is 9.95. The molecule has 2 heteroatoms. The minimum Gasteiger partial charge on any atom is -0.481 e. The Labute approximate surface area is 119 Å². The molecular weight excluding hydrogens is 248 g/mol. The third kappa shape index (κ3) is 2.46. The Morgan fingerprint density at radius 2 is 1.80 bits per heavy atom. The molecule has 0 amide bonds. The van der Waals surface area contributed by atoms with Gasteiger partial charge in [-0.2, -0.15) is 0 Å². The molecule has 0 atom stereocenters. The topological polar surface area (TPSA) is 37.3 Å². The predicted molar refractivity (Wildman–Crippen MR) is 79.9 cm³/mol. The monoisotopic (exact) mass is 266 g/mol. The number of carboxylic acids is 1. The van der Waals surface area contributed by atoms with E-state index in [2.05, 4.69) is 42.5 Å². The standard InChI is InChI=1S/C18H18O2/c19-17(20)11-4-2-6-13-8-5-9-15-12-14-7-1-3-10-16(14)18(13)15/h1,3,5,7-10H,2,4,6,11-12H2,(H,19,20). The van der Waals surface area contributed by atoms with Crippen LogP contribution in [0.15, 0.2) is 42.5 Å². The fourth-order valence-corrected chi connectivity index (χ4v) is 3.07. The maximum Gasteiger partial charge on any atom is 0.303 e. The van der Waals surface area contributed by atoms with Gasteiger partial charge in [-0.15, -0.1) is 0 Å². The highest BCUT2D eigenvalue weighted by Crippen LogP contribution is 2.39. The number of aliphatic carboxylic acids is 1. The van der Waals surface area contributed by atoms with Crippen molar-refractivity contribution in [3.63, 3.8) is 0 Å². The largest absolute Gasteiger partial charge is 0.481 e. The zero-order valence-corrected chi connectivity index (χ0v) is 11.4. The van der Waals surface area contributed by atoms with Crippen LogP contribution in [-0.4, -0.2) is 11.1 Å². The van der Waals surface area contributed by atoms with Crippen molar-refractivity contribution in [2.24, 2.45) is 0 Å². The molecule has 2 aromatic rings. The Balaban J connectivity index is 1.81. The first-order valence-corrected chi connectivity index (χ1v) is 7.16. The average Bonchev–Trinajstić information content (AvgIpc) is 2.82. The van der Waals surface area contributed by atoms with Crippen molar-refractivity contribution < 1.29 is 9.90 Å². The van der Waals surface area contributed by atoms with Gasteiger partial charge in [0, 0.05) is 6.42 Å². The molecule has 0 aliphatic heterocycles. The minimum absolute atomic E-state index is 0.269. The van der Waals surface area contributed by atoms with Crippen LogP contribution in [0.4, 0.5) is 0 Å². The van der Waals surface area contributed by atoms with Crippen LogP contribution in [0, 0.1) is 0 Å². The van der Waals surface area contributed by atoms with Crippen molar-refractivity contribution in [1.82, 2.24) is 0 Å². The van der Waals surface area contributed by atoms with E-state index in [1.807, 2.05) is 0 Å². The molecule has 102 valence electrons. The summed E-state index contributed by atoms with van der Waals surface area (Å²) >= 11 is 0. The van der Waals surface area contributed by atoms with E-state index in [1.54, 1.807) is 0 Å². The molecule has 3 rings (SSSR count). The third-order valence-corrected chi connectivity index (χ3v) is 3.99. The zero-order chi connectivity index (χ0) is 13.9. The van der Waals surface area contributed by atoms with Crippen LogP contribution in [0.2, 0.25) is 0 Å². The highest BCUT2D eigenvalue weighted by atomic mass is 16.4. The van der Waals surface area contributed by atoms with Crippen LogP contribution in [0.25, 0.3) is 11.1 Å². The summed E-state index contributed by atoms with van der Waals surface area (Å²) < 4.78 is 0. The number of hydrogen-bond donors (Lipinski definition) is 1. The molecule has 0 spiro atoms. The summed E-state index contributed by atoms with van der Waals surface area (Å²) in [6, 6.07) is 15.1. The summed E-state index contributed by atoms with van der Waals surface area (Å²) in [4.78, 5) is 10.6. The van der Waals surface area contributed by atoms with Gasteiger partial charge < -0.3 is 5.11 Å². The maximum absolute atomic E-state index is 10.6. The van der Waals surface area contributed by atoms with Crippen LogP contribution in [0.1, 0.15) is 36.0 Å². The molecule has 1 aliphatic rings. The lowest BCUT2D eigenvalue weighted by Gasteiger charge is -2.09. The van der Waals surface area contributed by atoms with Gasteiger partial charge in [0.1, 0.15) is 0 Å². The summed E-state index contributed by atoms with van der Waals surface area (Å²) in [6.45, 7) is 0. The van der Waals surface area contributed by atoms with Gasteiger partial charge in [-0.1, -0.05) is 42.5 Å². The first-order valence-electron chi connectivity index (χ1n) is 7.16. The summed E-state index contributed by atoms with van der Waals surface area (Å²) in [5.41, 5.74) is 6.91. The van der Waals surface area contributed by atoms with Crippen molar-refractivity contribution in [1.29, 1.82) is 0 Å². The average molecular weight is 266 g/mol. The summed E-state index contributed by atoms with van der Waals surface area (Å²) in [6.07, 6.45) is 3.94. The maximum atomic E-state index is 10.6. The van der Waals surface area contributed by atoms with Crippen LogP contribution >= 0.6 is 0 Å². The van der Waals surface area contributed by atoms with Crippen molar-refractivity contribution in [3.8, 4) is 11.1 Å². The van der Waals surface area contributed by atoms with Crippen LogP contribution in [-0.2, 0) is 17.6 Å². The number of aryl methyl sites for hydroxylation is 1. The SMILES string of the molecule is O=C(O)CCCCc1cccc2c1-c1ccccc1C2. The Morgan fingerprint density at radius 3 is 2.65 bits per heavy atom. The summed E-state index contributed by atoms with van der Waals surface area (Å²) in [5, 5.41) is 8.70. The molecule has 0 bridgehead atoms. The highest BCUT2D eigenvalue weighted by molar-refractivity contribution is 5.79. The van der Waals surface area contributed by atoms with Crippen LogP contribution in [0.3, 0.4) is 0 Å². The molecule has 0 saturated heterocycles. The summed E-state index contributed by atoms with van der Waals surface area (Å²) in [5.74, 6) is -0.700. The molecule has 0 heterocycles. The lowest BCUT2D eigenvalue weighted by molar-refractivity contribution is -0.137. The number of rotatable bonds is 5. The molecule has 0 aromatic heterocycles. The smallest absolute Gasteiger partial charge is 0.303 e. The van der Waals surface area contributed by atoms with Crippen LogP contribution in [0.5, 0.6) is 0 Å². The number of unbranched alkanes of at least 4 members (excludes halogenated alkanes) is 1. The van der Waals surface area contributed by atoms with E-state index in [9.17, 15) is 4.79 Å². The molecule has 2 aromatic carbocycles. The highest BCUT2D eigenvalue weighted by Gasteiger charge is 2.20. The second kappa shape index (κ2) is 5.49. The van der Waals surface area contributed by atoms with Gasteiger partial charge in [-0.25, -0.2) is 0 Å². The number of benzene rings is 2. The van der Waals surface area contributed by atoms with Crippen LogP contribution < -0.4 is 0 Å². The van der Waals surface area contributed by atoms with E-state index >= 15 is 0 Å². The van der Waals surface area contributed by atoms with Gasteiger partial charge in [-0.05, 0) is 53.5 Å². The molecule has 0 saturated carbocycles. The van der Waals surface area contributed by atoms with E-state index in [-0.39, 0.29) is 6.42 Å². The number of fused-ring (bicyclic) bond motifs is 3. The number of hydrogen-bond acceptors (Lipinski definition) is 1. The second-order valence-electron chi connectivity index (χ2n) is 5.39. The van der Waals surface area contributed by atoms with E-state index in [1.165, 1.54) is 27.8 Å². The molecule has 20 heavy (non-hydrogen) atoms. The van der Waals surface area contributed by atoms with Crippen molar-refractivity contribution in [2.75, 3.05) is 0 Å². The first kappa shape index (κ1) is 12.9. The second-order valence-corrected chi connectivity index (χ2v) is 5.39. The Kier molecular flexibility index (Phi) is 3.55. The van der Waals surface area contributed by atoms with E-state index in [4.69, 9.17) is 5.11 Å². The number of carbonyl (C=O) groups is 1. The van der Waals surface area contributed by atoms with Gasteiger partial charge in [-0.3, -0.25) is 4.79 Å². The first-order chi connectivity index (χ1) is 9.75. The van der Waals surface area contributed by atoms with Gasteiger partial charge in [0.25, 0.3) is 0 Å². The Morgan fingerprint density at radius 1 is 1.00 bits per heavy atom. The molecule has 1 N–H and O–H groups in total. The predicted octanol–water partition coefficient (Wildman–Crippen LogP) is 4.06. The molecule has 0 unspecified atom stereocenters. The third-order valence-electron chi connectivity index (χ3n) is 3.99. The molecule has 1 aliphatic carbocycles. The summed E-state index contributed by atoms with van der Waals surface area (Å²) in [7, 11) is 0. The lowest BCUT2D eigenvalue weighted by Crippen LogP contribution is -1.96. The minimum atomic E-state index is -0.700. The Hall–Kier alpha value is -2.09. The zero-order valence-electron chi connectivity index (χ0n) is 11.4. The quantitative estimate of drug-likeness (QED) is 0.707. The van der Waals surface area contributed by atoms with Crippen molar-refractivity contribution in [3.05, 3.63) is 59.2 Å². The van der Waals surface area contributed by atoms with Crippen molar-refractivity contribution >= 4 is 5.97 Å². The Bertz CT molecular complexity index is 644. The van der Waals surface area contributed by atoms with Gasteiger partial charge in [0.2, 0.25) is 0 Å². The molecule has 0 fully saturated rings. The fraction of sp³-hybridized carbons (Fsp3) is 0.278.